The van der Waals surface area contributed by atoms with E-state index in [1.807, 2.05) is 43.3 Å². The minimum Gasteiger partial charge on any atom is -0.338 e. The zero-order valence-corrected chi connectivity index (χ0v) is 18.0. The summed E-state index contributed by atoms with van der Waals surface area (Å²) in [6.45, 7) is 4.65. The third kappa shape index (κ3) is 4.62. The molecule has 2 aromatic heterocycles. The highest BCUT2D eigenvalue weighted by atomic mass is 32.2. The van der Waals surface area contributed by atoms with Crippen molar-refractivity contribution in [3.63, 3.8) is 0 Å². The first kappa shape index (κ1) is 20.3. The van der Waals surface area contributed by atoms with Gasteiger partial charge in [0, 0.05) is 6.42 Å². The molecule has 0 unspecified atom stereocenters. The van der Waals surface area contributed by atoms with E-state index in [-0.39, 0.29) is 5.56 Å². The van der Waals surface area contributed by atoms with Crippen LogP contribution in [0.3, 0.4) is 0 Å². The van der Waals surface area contributed by atoms with Crippen LogP contribution in [0.25, 0.3) is 10.9 Å². The van der Waals surface area contributed by atoms with E-state index < -0.39 is 0 Å². The molecule has 0 atom stereocenters. The molecule has 0 fully saturated rings. The Morgan fingerprint density at radius 2 is 1.87 bits per heavy atom. The molecule has 7 heteroatoms. The predicted octanol–water partition coefficient (Wildman–Crippen LogP) is 4.77. The molecule has 0 spiro atoms. The number of hydrogen-bond donors (Lipinski definition) is 0. The first-order chi connectivity index (χ1) is 14.6. The van der Waals surface area contributed by atoms with Gasteiger partial charge in [0.05, 0.1) is 23.2 Å². The van der Waals surface area contributed by atoms with E-state index in [4.69, 9.17) is 9.51 Å². The van der Waals surface area contributed by atoms with Crippen LogP contribution < -0.4 is 5.56 Å². The molecule has 30 heavy (non-hydrogen) atoms. The molecule has 0 radical (unpaired) electrons. The average Bonchev–Trinajstić information content (AvgIpc) is 3.22. The number of fused-ring (bicyclic) bond motifs is 1. The Morgan fingerprint density at radius 3 is 2.67 bits per heavy atom. The highest BCUT2D eigenvalue weighted by molar-refractivity contribution is 7.98. The summed E-state index contributed by atoms with van der Waals surface area (Å²) in [7, 11) is 0. The molecule has 0 amide bonds. The summed E-state index contributed by atoms with van der Waals surface area (Å²) in [5.41, 5.74) is 2.89. The number of hydrogen-bond acceptors (Lipinski definition) is 6. The summed E-state index contributed by atoms with van der Waals surface area (Å²) >= 11 is 1.44. The maximum absolute atomic E-state index is 13.2. The molecular formula is C23H24N4O2S. The fourth-order valence-electron chi connectivity index (χ4n) is 3.18. The third-order valence-electron chi connectivity index (χ3n) is 4.88. The van der Waals surface area contributed by atoms with Gasteiger partial charge in [0.2, 0.25) is 5.89 Å². The van der Waals surface area contributed by atoms with Gasteiger partial charge in [0.1, 0.15) is 0 Å². The average molecular weight is 421 g/mol. The highest BCUT2D eigenvalue weighted by Crippen LogP contribution is 2.22. The minimum absolute atomic E-state index is 0.0437. The van der Waals surface area contributed by atoms with E-state index >= 15 is 0 Å². The van der Waals surface area contributed by atoms with E-state index in [1.165, 1.54) is 17.3 Å². The topological polar surface area (TPSA) is 73.8 Å². The normalized spacial score (nSPS) is 11.3. The van der Waals surface area contributed by atoms with Crippen LogP contribution in [0, 0.1) is 6.92 Å². The summed E-state index contributed by atoms with van der Waals surface area (Å²) in [4.78, 5) is 22.4. The van der Waals surface area contributed by atoms with Crippen LogP contribution in [0.4, 0.5) is 0 Å². The van der Waals surface area contributed by atoms with Gasteiger partial charge in [-0.15, -0.1) is 0 Å². The minimum atomic E-state index is -0.0437. The number of thioether (sulfide) groups is 1. The van der Waals surface area contributed by atoms with Gasteiger partial charge in [-0.25, -0.2) is 4.98 Å². The van der Waals surface area contributed by atoms with Crippen molar-refractivity contribution in [1.29, 1.82) is 0 Å². The number of aryl methyl sites for hydroxylation is 2. The van der Waals surface area contributed by atoms with Crippen molar-refractivity contribution in [2.75, 3.05) is 0 Å². The van der Waals surface area contributed by atoms with Gasteiger partial charge in [0.25, 0.3) is 5.56 Å². The summed E-state index contributed by atoms with van der Waals surface area (Å²) in [5, 5.41) is 5.31. The van der Waals surface area contributed by atoms with Crippen LogP contribution in [0.15, 0.2) is 63.0 Å². The van der Waals surface area contributed by atoms with Crippen LogP contribution in [0.5, 0.6) is 0 Å². The first-order valence-corrected chi connectivity index (χ1v) is 11.1. The standard InChI is InChI=1S/C23H24N4O2S/c1-3-4-9-20-25-21(29-26-20)15-30-23-24-19-8-6-5-7-18(19)22(28)27(23)14-17-12-10-16(2)11-13-17/h5-8,10-13H,3-4,9,14-15H2,1-2H3. The molecule has 6 nitrogen and oxygen atoms in total. The molecule has 0 saturated heterocycles. The quantitative estimate of drug-likeness (QED) is 0.302. The molecule has 0 aliphatic carbocycles. The molecule has 2 heterocycles. The molecule has 0 aliphatic rings. The van der Waals surface area contributed by atoms with Crippen molar-refractivity contribution in [2.24, 2.45) is 0 Å². The smallest absolute Gasteiger partial charge is 0.262 e. The summed E-state index contributed by atoms with van der Waals surface area (Å²) in [6.07, 6.45) is 2.94. The lowest BCUT2D eigenvalue weighted by molar-refractivity contribution is 0.384. The van der Waals surface area contributed by atoms with Crippen LogP contribution in [0.1, 0.15) is 42.6 Å². The lowest BCUT2D eigenvalue weighted by Crippen LogP contribution is -2.24. The molecule has 0 saturated carbocycles. The van der Waals surface area contributed by atoms with Crippen molar-refractivity contribution in [3.05, 3.63) is 81.7 Å². The van der Waals surface area contributed by atoms with Crippen LogP contribution in [-0.4, -0.2) is 19.7 Å². The fourth-order valence-corrected chi connectivity index (χ4v) is 4.02. The Hall–Kier alpha value is -2.93. The van der Waals surface area contributed by atoms with Crippen molar-refractivity contribution in [2.45, 2.75) is 50.6 Å². The van der Waals surface area contributed by atoms with E-state index in [0.29, 0.717) is 34.2 Å². The Balaban J connectivity index is 1.64. The second kappa shape index (κ2) is 9.26. The molecule has 2 aromatic carbocycles. The van der Waals surface area contributed by atoms with Crippen LogP contribution in [-0.2, 0) is 18.7 Å². The number of benzene rings is 2. The van der Waals surface area contributed by atoms with Gasteiger partial charge in [-0.05, 0) is 31.0 Å². The van der Waals surface area contributed by atoms with Crippen LogP contribution >= 0.6 is 11.8 Å². The van der Waals surface area contributed by atoms with E-state index in [9.17, 15) is 4.79 Å². The molecular weight excluding hydrogens is 396 g/mol. The zero-order valence-electron chi connectivity index (χ0n) is 17.2. The van der Waals surface area contributed by atoms with Gasteiger partial charge in [-0.1, -0.05) is 72.2 Å². The van der Waals surface area contributed by atoms with Gasteiger partial charge in [-0.2, -0.15) is 4.98 Å². The summed E-state index contributed by atoms with van der Waals surface area (Å²) in [6, 6.07) is 15.6. The van der Waals surface area contributed by atoms with Crippen LogP contribution in [0.2, 0.25) is 0 Å². The largest absolute Gasteiger partial charge is 0.338 e. The monoisotopic (exact) mass is 420 g/mol. The zero-order chi connectivity index (χ0) is 20.9. The lowest BCUT2D eigenvalue weighted by Gasteiger charge is -2.13. The van der Waals surface area contributed by atoms with Crippen molar-refractivity contribution in [1.82, 2.24) is 19.7 Å². The Bertz CT molecular complexity index is 1200. The van der Waals surface area contributed by atoms with Crippen molar-refractivity contribution in [3.8, 4) is 0 Å². The molecule has 4 aromatic rings. The maximum Gasteiger partial charge on any atom is 0.262 e. The van der Waals surface area contributed by atoms with Gasteiger partial charge in [-0.3, -0.25) is 9.36 Å². The summed E-state index contributed by atoms with van der Waals surface area (Å²) < 4.78 is 7.10. The van der Waals surface area contributed by atoms with Crippen molar-refractivity contribution < 1.29 is 4.52 Å². The van der Waals surface area contributed by atoms with E-state index in [1.54, 1.807) is 4.57 Å². The number of nitrogens with zero attached hydrogens (tertiary/aromatic N) is 4. The van der Waals surface area contributed by atoms with Gasteiger partial charge < -0.3 is 4.52 Å². The third-order valence-corrected chi connectivity index (χ3v) is 5.84. The number of para-hydroxylation sites is 1. The lowest BCUT2D eigenvalue weighted by atomic mass is 10.1. The molecule has 0 bridgehead atoms. The SMILES string of the molecule is CCCCc1noc(CSc2nc3ccccc3c(=O)n2Cc2ccc(C)cc2)n1. The molecule has 0 aliphatic heterocycles. The molecule has 4 rings (SSSR count). The second-order valence-corrected chi connectivity index (χ2v) is 8.23. The highest BCUT2D eigenvalue weighted by Gasteiger charge is 2.14. The number of rotatable bonds is 8. The van der Waals surface area contributed by atoms with E-state index in [2.05, 4.69) is 29.2 Å². The predicted molar refractivity (Wildman–Crippen MR) is 119 cm³/mol. The molecule has 154 valence electrons. The van der Waals surface area contributed by atoms with Crippen molar-refractivity contribution >= 4 is 22.7 Å². The Morgan fingerprint density at radius 1 is 1.07 bits per heavy atom. The Labute approximate surface area is 179 Å². The van der Waals surface area contributed by atoms with Gasteiger partial charge in [0.15, 0.2) is 11.0 Å². The fraction of sp³-hybridized carbons (Fsp3) is 0.304. The molecule has 0 N–H and O–H groups in total. The number of unbranched alkanes of at least 4 members (excludes halogenated alkanes) is 1. The summed E-state index contributed by atoms with van der Waals surface area (Å²) in [5.74, 6) is 1.75. The maximum atomic E-state index is 13.2. The number of aromatic nitrogens is 4. The second-order valence-electron chi connectivity index (χ2n) is 7.28. The Kier molecular flexibility index (Phi) is 6.28. The van der Waals surface area contributed by atoms with E-state index in [0.717, 1.165) is 30.7 Å². The first-order valence-electron chi connectivity index (χ1n) is 10.1. The van der Waals surface area contributed by atoms with Gasteiger partial charge >= 0.3 is 0 Å².